The summed E-state index contributed by atoms with van der Waals surface area (Å²) in [5.74, 6) is -0.0329. The van der Waals surface area contributed by atoms with Crippen molar-refractivity contribution in [3.05, 3.63) is 120 Å². The predicted molar refractivity (Wildman–Crippen MR) is 190 cm³/mol. The number of rotatable bonds is 11. The van der Waals surface area contributed by atoms with Gasteiger partial charge in [0.1, 0.15) is 6.10 Å². The van der Waals surface area contributed by atoms with Crippen molar-refractivity contribution in [2.45, 2.75) is 39.0 Å². The molecule has 1 aromatic heterocycles. The Kier molecular flexibility index (Phi) is 11.5. The van der Waals surface area contributed by atoms with Crippen LogP contribution in [0.2, 0.25) is 0 Å². The second-order valence-electron chi connectivity index (χ2n) is 12.8. The molecule has 4 aromatic rings. The molecule has 2 fully saturated rings. The number of piperazine rings is 1. The molecule has 3 aromatic carbocycles. The Bertz CT molecular complexity index is 1630. The van der Waals surface area contributed by atoms with E-state index in [1.165, 1.54) is 11.1 Å². The molecule has 2 amide bonds. The van der Waals surface area contributed by atoms with Crippen LogP contribution >= 0.6 is 0 Å². The molecule has 6 rings (SSSR count). The van der Waals surface area contributed by atoms with Crippen molar-refractivity contribution in [2.75, 3.05) is 57.7 Å². The van der Waals surface area contributed by atoms with Gasteiger partial charge in [-0.05, 0) is 66.3 Å². The quantitative estimate of drug-likeness (QED) is 0.212. The molecule has 2 aliphatic heterocycles. The Labute approximate surface area is 283 Å². The number of ether oxygens (including phenoxy) is 1. The maximum atomic E-state index is 13.0. The third-order valence-corrected chi connectivity index (χ3v) is 9.33. The number of pyridine rings is 1. The first-order valence-corrected chi connectivity index (χ1v) is 17.1. The molecule has 0 saturated carbocycles. The number of amides is 2. The maximum Gasteiger partial charge on any atom is 0.411 e. The molecule has 3 heterocycles. The fraction of sp³-hybridized carbons (Fsp3) is 0.359. The Morgan fingerprint density at radius 1 is 0.771 bits per heavy atom. The lowest BCUT2D eigenvalue weighted by Gasteiger charge is -2.34. The Hall–Kier alpha value is -4.57. The highest BCUT2D eigenvalue weighted by Crippen LogP contribution is 2.28. The molecule has 2 saturated heterocycles. The summed E-state index contributed by atoms with van der Waals surface area (Å²) in [6.07, 6.45) is 4.69. The molecule has 0 aliphatic carbocycles. The second kappa shape index (κ2) is 16.5. The molecule has 9 nitrogen and oxygen atoms in total. The molecule has 2 N–H and O–H groups in total. The number of nitrogens with one attached hydrogen (secondary N) is 2. The van der Waals surface area contributed by atoms with Gasteiger partial charge in [-0.25, -0.2) is 4.79 Å². The largest absolute Gasteiger partial charge is 0.446 e. The van der Waals surface area contributed by atoms with E-state index in [0.29, 0.717) is 6.54 Å². The number of hydrogen-bond acceptors (Lipinski definition) is 7. The first-order chi connectivity index (χ1) is 23.5. The van der Waals surface area contributed by atoms with Gasteiger partial charge in [-0.2, -0.15) is 0 Å². The smallest absolute Gasteiger partial charge is 0.411 e. The van der Waals surface area contributed by atoms with Crippen molar-refractivity contribution in [1.29, 1.82) is 0 Å². The number of nitrogens with zero attached hydrogens (tertiary/aromatic N) is 4. The standard InChI is InChI=1S/C39H46N6O3/c1-30-27-32(29-45-25-23-44(24-26-45)28-31-13-17-40-18-14-31)11-12-35(30)38(46)41-19-22-43-20-15-34(16-21-43)48-39(47)42-37-10-6-5-9-36(37)33-7-3-2-4-8-33/h2-14,17-18,27,34H,15-16,19-26,28-29H2,1H3,(H,41,46)(H,42,47). The van der Waals surface area contributed by atoms with Gasteiger partial charge in [0, 0.05) is 89.0 Å². The highest BCUT2D eigenvalue weighted by molar-refractivity contribution is 5.95. The van der Waals surface area contributed by atoms with Gasteiger partial charge in [-0.1, -0.05) is 60.7 Å². The van der Waals surface area contributed by atoms with Crippen LogP contribution in [-0.4, -0.2) is 90.1 Å². The van der Waals surface area contributed by atoms with E-state index in [-0.39, 0.29) is 12.0 Å². The van der Waals surface area contributed by atoms with Crippen LogP contribution in [0.4, 0.5) is 10.5 Å². The molecule has 48 heavy (non-hydrogen) atoms. The minimum atomic E-state index is -0.426. The van der Waals surface area contributed by atoms with Crippen LogP contribution in [0.25, 0.3) is 11.1 Å². The fourth-order valence-corrected chi connectivity index (χ4v) is 6.61. The number of anilines is 1. The molecule has 0 unspecified atom stereocenters. The van der Waals surface area contributed by atoms with Gasteiger partial charge >= 0.3 is 6.09 Å². The number of benzene rings is 3. The fourth-order valence-electron chi connectivity index (χ4n) is 6.61. The third kappa shape index (κ3) is 9.28. The summed E-state index contributed by atoms with van der Waals surface area (Å²) < 4.78 is 5.78. The van der Waals surface area contributed by atoms with Crippen molar-refractivity contribution in [3.63, 3.8) is 0 Å². The van der Waals surface area contributed by atoms with Crippen LogP contribution in [0.15, 0.2) is 97.3 Å². The molecule has 2 aliphatic rings. The summed E-state index contributed by atoms with van der Waals surface area (Å²) in [6, 6.07) is 28.1. The minimum Gasteiger partial charge on any atom is -0.446 e. The zero-order chi connectivity index (χ0) is 33.1. The van der Waals surface area contributed by atoms with E-state index in [4.69, 9.17) is 4.74 Å². The minimum absolute atomic E-state index is 0.0329. The lowest BCUT2D eigenvalue weighted by Crippen LogP contribution is -2.45. The van der Waals surface area contributed by atoms with Gasteiger partial charge in [0.2, 0.25) is 0 Å². The van der Waals surface area contributed by atoms with Gasteiger partial charge in [-0.3, -0.25) is 24.9 Å². The van der Waals surface area contributed by atoms with Crippen molar-refractivity contribution >= 4 is 17.7 Å². The predicted octanol–water partition coefficient (Wildman–Crippen LogP) is 5.82. The van der Waals surface area contributed by atoms with Gasteiger partial charge in [0.25, 0.3) is 5.91 Å². The molecule has 0 atom stereocenters. The number of hydrogen-bond donors (Lipinski definition) is 2. The van der Waals surface area contributed by atoms with Crippen molar-refractivity contribution in [2.24, 2.45) is 0 Å². The number of piperidine rings is 1. The summed E-state index contributed by atoms with van der Waals surface area (Å²) in [7, 11) is 0. The summed E-state index contributed by atoms with van der Waals surface area (Å²) in [4.78, 5) is 37.2. The normalized spacial score (nSPS) is 16.4. The van der Waals surface area contributed by atoms with Crippen molar-refractivity contribution < 1.29 is 14.3 Å². The highest BCUT2D eigenvalue weighted by Gasteiger charge is 2.23. The average molecular weight is 647 g/mol. The first-order valence-electron chi connectivity index (χ1n) is 17.1. The van der Waals surface area contributed by atoms with E-state index in [0.717, 1.165) is 99.7 Å². The zero-order valence-corrected chi connectivity index (χ0v) is 27.8. The van der Waals surface area contributed by atoms with Crippen LogP contribution < -0.4 is 10.6 Å². The lowest BCUT2D eigenvalue weighted by atomic mass is 10.0. The van der Waals surface area contributed by atoms with Crippen LogP contribution in [-0.2, 0) is 17.8 Å². The highest BCUT2D eigenvalue weighted by atomic mass is 16.6. The van der Waals surface area contributed by atoms with Gasteiger partial charge in [-0.15, -0.1) is 0 Å². The van der Waals surface area contributed by atoms with Crippen LogP contribution in [0.5, 0.6) is 0 Å². The van der Waals surface area contributed by atoms with E-state index >= 15 is 0 Å². The number of likely N-dealkylation sites (tertiary alicyclic amines) is 1. The molecular formula is C39H46N6O3. The summed E-state index contributed by atoms with van der Waals surface area (Å²) >= 11 is 0. The number of aryl methyl sites for hydroxylation is 1. The number of carbonyl (C=O) groups excluding carboxylic acids is 2. The van der Waals surface area contributed by atoms with Crippen LogP contribution in [0, 0.1) is 6.92 Å². The van der Waals surface area contributed by atoms with Gasteiger partial charge < -0.3 is 15.0 Å². The SMILES string of the molecule is Cc1cc(CN2CCN(Cc3ccncc3)CC2)ccc1C(=O)NCCN1CCC(OC(=O)Nc2ccccc2-c2ccccc2)CC1. The first kappa shape index (κ1) is 33.3. The van der Waals surface area contributed by atoms with E-state index in [2.05, 4.69) is 54.6 Å². The Balaban J connectivity index is 0.882. The Morgan fingerprint density at radius 2 is 1.44 bits per heavy atom. The summed E-state index contributed by atoms with van der Waals surface area (Å²) in [5.41, 5.74) is 7.02. The molecular weight excluding hydrogens is 600 g/mol. The third-order valence-electron chi connectivity index (χ3n) is 9.33. The lowest BCUT2D eigenvalue weighted by molar-refractivity contribution is 0.0587. The van der Waals surface area contributed by atoms with Crippen molar-refractivity contribution in [1.82, 2.24) is 25.0 Å². The summed E-state index contributed by atoms with van der Waals surface area (Å²) in [5, 5.41) is 6.05. The van der Waals surface area contributed by atoms with Gasteiger partial charge in [0.05, 0.1) is 5.69 Å². The summed E-state index contributed by atoms with van der Waals surface area (Å²) in [6.45, 7) is 11.0. The average Bonchev–Trinajstić information content (AvgIpc) is 3.11. The molecule has 9 heteroatoms. The number of carbonyl (C=O) groups is 2. The van der Waals surface area contributed by atoms with E-state index in [1.54, 1.807) is 0 Å². The molecule has 0 radical (unpaired) electrons. The van der Waals surface area contributed by atoms with Crippen LogP contribution in [0.3, 0.4) is 0 Å². The van der Waals surface area contributed by atoms with Crippen molar-refractivity contribution in [3.8, 4) is 11.1 Å². The number of aromatic nitrogens is 1. The maximum absolute atomic E-state index is 13.0. The molecule has 0 bridgehead atoms. The van der Waals surface area contributed by atoms with E-state index in [9.17, 15) is 9.59 Å². The van der Waals surface area contributed by atoms with E-state index < -0.39 is 6.09 Å². The topological polar surface area (TPSA) is 90.0 Å². The molecule has 0 spiro atoms. The van der Waals surface area contributed by atoms with Gasteiger partial charge in [0.15, 0.2) is 0 Å². The Morgan fingerprint density at radius 3 is 2.15 bits per heavy atom. The zero-order valence-electron chi connectivity index (χ0n) is 27.8. The second-order valence-corrected chi connectivity index (χ2v) is 12.8. The van der Waals surface area contributed by atoms with E-state index in [1.807, 2.05) is 80.0 Å². The monoisotopic (exact) mass is 646 g/mol. The van der Waals surface area contributed by atoms with Crippen LogP contribution in [0.1, 0.15) is 39.9 Å². The number of para-hydroxylation sites is 1. The molecule has 250 valence electrons.